The van der Waals surface area contributed by atoms with Crippen LogP contribution in [0, 0.1) is 0 Å². The number of nitrogens with one attached hydrogen (secondary N) is 2. The summed E-state index contributed by atoms with van der Waals surface area (Å²) >= 11 is 0. The van der Waals surface area contributed by atoms with Crippen LogP contribution in [0.5, 0.6) is 0 Å². The van der Waals surface area contributed by atoms with Gasteiger partial charge in [0, 0.05) is 19.7 Å². The van der Waals surface area contributed by atoms with Gasteiger partial charge in [0.15, 0.2) is 0 Å². The molecule has 2 atom stereocenters. The summed E-state index contributed by atoms with van der Waals surface area (Å²) in [6.07, 6.45) is 3.89. The second-order valence-corrected chi connectivity index (χ2v) is 6.16. The molecule has 0 unspecified atom stereocenters. The van der Waals surface area contributed by atoms with Gasteiger partial charge in [-0.15, -0.1) is 0 Å². The first-order valence-corrected chi connectivity index (χ1v) is 8.56. The van der Waals surface area contributed by atoms with Crippen molar-refractivity contribution in [1.82, 2.24) is 15.5 Å². The molecule has 0 aliphatic carbocycles. The second kappa shape index (κ2) is 9.39. The van der Waals surface area contributed by atoms with Crippen molar-refractivity contribution >= 4 is 11.8 Å². The molecule has 1 aliphatic heterocycles. The van der Waals surface area contributed by atoms with Gasteiger partial charge in [0.25, 0.3) is 0 Å². The molecule has 1 aromatic rings. The predicted octanol–water partition coefficient (Wildman–Crippen LogP) is 0.827. The van der Waals surface area contributed by atoms with Crippen LogP contribution in [-0.2, 0) is 9.59 Å². The first kappa shape index (κ1) is 18.4. The molecule has 2 amide bonds. The van der Waals surface area contributed by atoms with E-state index in [1.165, 1.54) is 0 Å². The zero-order valence-electron chi connectivity index (χ0n) is 14.2. The Labute approximate surface area is 143 Å². The zero-order chi connectivity index (χ0) is 17.4. The Hall–Kier alpha value is -1.92. The summed E-state index contributed by atoms with van der Waals surface area (Å²) in [6.45, 7) is 1.24. The number of nitrogens with zero attached hydrogens (tertiary/aromatic N) is 1. The Bertz CT molecular complexity index is 534. The molecule has 1 aliphatic rings. The van der Waals surface area contributed by atoms with Crippen molar-refractivity contribution in [2.24, 2.45) is 0 Å². The number of likely N-dealkylation sites (tertiary alicyclic amines) is 1. The van der Waals surface area contributed by atoms with Crippen LogP contribution < -0.4 is 10.6 Å². The van der Waals surface area contributed by atoms with Crippen LogP contribution in [0.2, 0.25) is 0 Å². The number of rotatable bonds is 7. The fourth-order valence-electron chi connectivity index (χ4n) is 3.23. The van der Waals surface area contributed by atoms with Crippen LogP contribution in [0.3, 0.4) is 0 Å². The van der Waals surface area contributed by atoms with Gasteiger partial charge in [0.2, 0.25) is 11.8 Å². The number of carbonyl (C=O) groups is 2. The number of hydrogen-bond acceptors (Lipinski definition) is 4. The highest BCUT2D eigenvalue weighted by Crippen LogP contribution is 2.19. The average Bonchev–Trinajstić information content (AvgIpc) is 2.61. The van der Waals surface area contributed by atoms with Gasteiger partial charge in [-0.1, -0.05) is 36.8 Å². The molecular weight excluding hydrogens is 306 g/mol. The van der Waals surface area contributed by atoms with E-state index >= 15 is 0 Å². The van der Waals surface area contributed by atoms with Crippen LogP contribution in [0.15, 0.2) is 30.3 Å². The fraction of sp³-hybridized carbons (Fsp3) is 0.556. The standard InChI is InChI=1S/C18H27N3O3/c1-19-18(24)17(14-7-3-2-4-8-14)20-16(23)13-21-11-6-5-9-15(21)10-12-22/h2-4,7-8,15,17,22H,5-6,9-13H2,1H3,(H,19,24)(H,20,23)/t15-,17-/m1/s1. The molecular formula is C18H27N3O3. The first-order valence-electron chi connectivity index (χ1n) is 8.56. The summed E-state index contributed by atoms with van der Waals surface area (Å²) in [7, 11) is 1.56. The van der Waals surface area contributed by atoms with Gasteiger partial charge in [0.05, 0.1) is 6.54 Å². The molecule has 3 N–H and O–H groups in total. The fourth-order valence-corrected chi connectivity index (χ4v) is 3.23. The van der Waals surface area contributed by atoms with E-state index in [4.69, 9.17) is 0 Å². The van der Waals surface area contributed by atoms with E-state index in [9.17, 15) is 14.7 Å². The van der Waals surface area contributed by atoms with Gasteiger partial charge in [-0.3, -0.25) is 14.5 Å². The van der Waals surface area contributed by atoms with E-state index in [1.807, 2.05) is 30.3 Å². The van der Waals surface area contributed by atoms with E-state index in [0.717, 1.165) is 31.4 Å². The predicted molar refractivity (Wildman–Crippen MR) is 92.3 cm³/mol. The number of hydrogen-bond donors (Lipinski definition) is 3. The molecule has 0 aromatic heterocycles. The topological polar surface area (TPSA) is 81.7 Å². The van der Waals surface area contributed by atoms with Crippen molar-refractivity contribution in [1.29, 1.82) is 0 Å². The summed E-state index contributed by atoms with van der Waals surface area (Å²) < 4.78 is 0. The summed E-state index contributed by atoms with van der Waals surface area (Å²) in [5.74, 6) is -0.405. The normalized spacial score (nSPS) is 19.5. The Morgan fingerprint density at radius 3 is 2.71 bits per heavy atom. The van der Waals surface area contributed by atoms with E-state index in [-0.39, 0.29) is 31.0 Å². The molecule has 132 valence electrons. The summed E-state index contributed by atoms with van der Waals surface area (Å²) in [5, 5.41) is 14.6. The molecule has 0 spiro atoms. The number of amides is 2. The van der Waals surface area contributed by atoms with Crippen molar-refractivity contribution in [2.45, 2.75) is 37.8 Å². The van der Waals surface area contributed by atoms with Crippen LogP contribution in [0.4, 0.5) is 0 Å². The minimum atomic E-state index is -0.690. The Morgan fingerprint density at radius 2 is 2.04 bits per heavy atom. The monoisotopic (exact) mass is 333 g/mol. The molecule has 6 heteroatoms. The molecule has 1 fully saturated rings. The van der Waals surface area contributed by atoms with Gasteiger partial charge < -0.3 is 15.7 Å². The van der Waals surface area contributed by atoms with Crippen LogP contribution in [0.25, 0.3) is 0 Å². The maximum atomic E-state index is 12.5. The molecule has 0 saturated carbocycles. The lowest BCUT2D eigenvalue weighted by Gasteiger charge is -2.35. The molecule has 2 rings (SSSR count). The molecule has 0 bridgehead atoms. The second-order valence-electron chi connectivity index (χ2n) is 6.16. The lowest BCUT2D eigenvalue weighted by molar-refractivity contribution is -0.130. The van der Waals surface area contributed by atoms with Crippen molar-refractivity contribution in [3.8, 4) is 0 Å². The molecule has 1 saturated heterocycles. The molecule has 6 nitrogen and oxygen atoms in total. The number of piperidine rings is 1. The molecule has 0 radical (unpaired) electrons. The van der Waals surface area contributed by atoms with Crippen molar-refractivity contribution in [3.63, 3.8) is 0 Å². The van der Waals surface area contributed by atoms with Crippen molar-refractivity contribution in [2.75, 3.05) is 26.7 Å². The van der Waals surface area contributed by atoms with E-state index in [2.05, 4.69) is 15.5 Å². The highest BCUT2D eigenvalue weighted by molar-refractivity contribution is 5.89. The minimum absolute atomic E-state index is 0.133. The number of likely N-dealkylation sites (N-methyl/N-ethyl adjacent to an activating group) is 1. The maximum Gasteiger partial charge on any atom is 0.246 e. The summed E-state index contributed by atoms with van der Waals surface area (Å²) in [5.41, 5.74) is 0.760. The van der Waals surface area contributed by atoms with Gasteiger partial charge in [-0.25, -0.2) is 0 Å². The Balaban J connectivity index is 2.00. The summed E-state index contributed by atoms with van der Waals surface area (Å²) in [6, 6.07) is 8.78. The zero-order valence-corrected chi connectivity index (χ0v) is 14.2. The van der Waals surface area contributed by atoms with Gasteiger partial charge >= 0.3 is 0 Å². The van der Waals surface area contributed by atoms with E-state index in [1.54, 1.807) is 7.05 Å². The number of carbonyl (C=O) groups excluding carboxylic acids is 2. The Kier molecular flexibility index (Phi) is 7.21. The third kappa shape index (κ3) is 5.04. The van der Waals surface area contributed by atoms with Gasteiger partial charge in [-0.05, 0) is 31.4 Å². The third-order valence-corrected chi connectivity index (χ3v) is 4.50. The lowest BCUT2D eigenvalue weighted by Crippen LogP contribution is -2.48. The number of aliphatic hydroxyl groups is 1. The first-order chi connectivity index (χ1) is 11.7. The highest BCUT2D eigenvalue weighted by atomic mass is 16.3. The maximum absolute atomic E-state index is 12.5. The molecule has 1 heterocycles. The van der Waals surface area contributed by atoms with Gasteiger partial charge in [-0.2, -0.15) is 0 Å². The van der Waals surface area contributed by atoms with Crippen LogP contribution >= 0.6 is 0 Å². The van der Waals surface area contributed by atoms with Crippen molar-refractivity contribution in [3.05, 3.63) is 35.9 Å². The quantitative estimate of drug-likeness (QED) is 0.690. The lowest BCUT2D eigenvalue weighted by atomic mass is 9.99. The minimum Gasteiger partial charge on any atom is -0.396 e. The summed E-state index contributed by atoms with van der Waals surface area (Å²) in [4.78, 5) is 26.7. The van der Waals surface area contributed by atoms with Crippen LogP contribution in [0.1, 0.15) is 37.3 Å². The van der Waals surface area contributed by atoms with Gasteiger partial charge in [0.1, 0.15) is 6.04 Å². The SMILES string of the molecule is CNC(=O)[C@H](NC(=O)CN1CCCC[C@@H]1CCO)c1ccccc1. The molecule has 1 aromatic carbocycles. The van der Waals surface area contributed by atoms with Crippen molar-refractivity contribution < 1.29 is 14.7 Å². The van der Waals surface area contributed by atoms with E-state index < -0.39 is 6.04 Å². The number of aliphatic hydroxyl groups excluding tert-OH is 1. The smallest absolute Gasteiger partial charge is 0.246 e. The van der Waals surface area contributed by atoms with E-state index in [0.29, 0.717) is 6.42 Å². The highest BCUT2D eigenvalue weighted by Gasteiger charge is 2.26. The largest absolute Gasteiger partial charge is 0.396 e. The van der Waals surface area contributed by atoms with Crippen LogP contribution in [-0.4, -0.2) is 54.6 Å². The molecule has 24 heavy (non-hydrogen) atoms. The Morgan fingerprint density at radius 1 is 1.29 bits per heavy atom. The average molecular weight is 333 g/mol. The third-order valence-electron chi connectivity index (χ3n) is 4.50. The number of benzene rings is 1.